The average Bonchev–Trinajstić information content (AvgIpc) is 1.89. The standard InChI is InChI=1S/C9H18N2S/c10-3-1-2-8-4-11(5-8)9-6-12-7-9/h8-9H,1-7,10H2. The maximum atomic E-state index is 5.47. The predicted octanol–water partition coefficient (Wildman–Crippen LogP) is 0.772. The zero-order chi connectivity index (χ0) is 8.39. The molecule has 2 nitrogen and oxygen atoms in total. The number of rotatable bonds is 4. The van der Waals surface area contributed by atoms with Gasteiger partial charge in [0, 0.05) is 30.6 Å². The van der Waals surface area contributed by atoms with Crippen molar-refractivity contribution in [1.29, 1.82) is 0 Å². The van der Waals surface area contributed by atoms with Crippen LogP contribution in [0.2, 0.25) is 0 Å². The smallest absolute Gasteiger partial charge is 0.0277 e. The molecule has 12 heavy (non-hydrogen) atoms. The molecule has 0 radical (unpaired) electrons. The van der Waals surface area contributed by atoms with Crippen LogP contribution in [0.25, 0.3) is 0 Å². The first-order valence-corrected chi connectivity index (χ1v) is 6.07. The summed E-state index contributed by atoms with van der Waals surface area (Å²) < 4.78 is 0. The molecule has 0 spiro atoms. The van der Waals surface area contributed by atoms with Gasteiger partial charge in [0.1, 0.15) is 0 Å². The van der Waals surface area contributed by atoms with E-state index in [0.717, 1.165) is 18.5 Å². The van der Waals surface area contributed by atoms with Crippen molar-refractivity contribution >= 4 is 11.8 Å². The number of hydrogen-bond donors (Lipinski definition) is 1. The molecule has 2 fully saturated rings. The summed E-state index contributed by atoms with van der Waals surface area (Å²) >= 11 is 2.08. The molecule has 2 aliphatic heterocycles. The molecule has 0 atom stereocenters. The van der Waals surface area contributed by atoms with Crippen molar-refractivity contribution in [1.82, 2.24) is 4.90 Å². The SMILES string of the molecule is NCCCC1CN(C2CSC2)C1. The lowest BCUT2D eigenvalue weighted by molar-refractivity contribution is 0.0615. The van der Waals surface area contributed by atoms with Crippen molar-refractivity contribution in [2.24, 2.45) is 11.7 Å². The first kappa shape index (κ1) is 8.85. The van der Waals surface area contributed by atoms with Crippen molar-refractivity contribution in [2.45, 2.75) is 18.9 Å². The van der Waals surface area contributed by atoms with Crippen molar-refractivity contribution in [3.63, 3.8) is 0 Å². The van der Waals surface area contributed by atoms with E-state index in [1.54, 1.807) is 0 Å². The summed E-state index contributed by atoms with van der Waals surface area (Å²) in [5, 5.41) is 0. The number of hydrogen-bond acceptors (Lipinski definition) is 3. The van der Waals surface area contributed by atoms with Crippen LogP contribution in [0.3, 0.4) is 0 Å². The molecule has 2 N–H and O–H groups in total. The summed E-state index contributed by atoms with van der Waals surface area (Å²) in [5.74, 6) is 3.73. The van der Waals surface area contributed by atoms with E-state index in [2.05, 4.69) is 16.7 Å². The molecule has 0 amide bonds. The molecule has 0 aliphatic carbocycles. The van der Waals surface area contributed by atoms with Crippen LogP contribution in [0.5, 0.6) is 0 Å². The lowest BCUT2D eigenvalue weighted by Gasteiger charge is -2.47. The first-order chi connectivity index (χ1) is 5.90. The largest absolute Gasteiger partial charge is 0.330 e. The molecular formula is C9H18N2S. The van der Waals surface area contributed by atoms with Crippen LogP contribution in [0.1, 0.15) is 12.8 Å². The minimum absolute atomic E-state index is 0.871. The van der Waals surface area contributed by atoms with Gasteiger partial charge in [0.25, 0.3) is 0 Å². The van der Waals surface area contributed by atoms with Gasteiger partial charge in [0.05, 0.1) is 0 Å². The second-order valence-corrected chi connectivity index (χ2v) is 5.02. The Labute approximate surface area is 78.9 Å². The molecule has 0 aromatic heterocycles. The Kier molecular flexibility index (Phi) is 2.94. The molecule has 2 aliphatic rings. The lowest BCUT2D eigenvalue weighted by Crippen LogP contribution is -2.56. The third-order valence-electron chi connectivity index (χ3n) is 2.94. The van der Waals surface area contributed by atoms with Gasteiger partial charge in [0.2, 0.25) is 0 Å². The van der Waals surface area contributed by atoms with E-state index < -0.39 is 0 Å². The second-order valence-electron chi connectivity index (χ2n) is 3.94. The monoisotopic (exact) mass is 186 g/mol. The molecule has 0 unspecified atom stereocenters. The fraction of sp³-hybridized carbons (Fsp3) is 1.00. The summed E-state index contributed by atoms with van der Waals surface area (Å²) in [6, 6.07) is 0.934. The summed E-state index contributed by atoms with van der Waals surface area (Å²) in [6.45, 7) is 3.58. The number of likely N-dealkylation sites (tertiary alicyclic amines) is 1. The van der Waals surface area contributed by atoms with Gasteiger partial charge in [-0.15, -0.1) is 0 Å². The fourth-order valence-corrected chi connectivity index (χ4v) is 2.80. The normalized spacial score (nSPS) is 26.8. The van der Waals surface area contributed by atoms with Crippen molar-refractivity contribution in [3.8, 4) is 0 Å². The Morgan fingerprint density at radius 1 is 1.33 bits per heavy atom. The minimum Gasteiger partial charge on any atom is -0.330 e. The quantitative estimate of drug-likeness (QED) is 0.703. The van der Waals surface area contributed by atoms with Crippen molar-refractivity contribution in [3.05, 3.63) is 0 Å². The van der Waals surface area contributed by atoms with E-state index in [1.807, 2.05) is 0 Å². The van der Waals surface area contributed by atoms with Gasteiger partial charge in [-0.25, -0.2) is 0 Å². The van der Waals surface area contributed by atoms with Crippen LogP contribution in [0.4, 0.5) is 0 Å². The van der Waals surface area contributed by atoms with Crippen molar-refractivity contribution < 1.29 is 0 Å². The minimum atomic E-state index is 0.871. The zero-order valence-corrected chi connectivity index (χ0v) is 8.35. The molecule has 3 heteroatoms. The van der Waals surface area contributed by atoms with Gasteiger partial charge in [-0.1, -0.05) is 0 Å². The molecule has 0 saturated carbocycles. The van der Waals surface area contributed by atoms with Gasteiger partial charge in [-0.2, -0.15) is 11.8 Å². The third kappa shape index (κ3) is 1.78. The summed E-state index contributed by atoms with van der Waals surface area (Å²) in [5.41, 5.74) is 5.47. The summed E-state index contributed by atoms with van der Waals surface area (Å²) in [6.07, 6.45) is 2.57. The van der Waals surface area contributed by atoms with Crippen LogP contribution >= 0.6 is 11.8 Å². The van der Waals surface area contributed by atoms with E-state index in [0.29, 0.717) is 0 Å². The average molecular weight is 186 g/mol. The number of nitrogens with two attached hydrogens (primary N) is 1. The second kappa shape index (κ2) is 3.99. The molecule has 70 valence electrons. The molecule has 2 saturated heterocycles. The van der Waals surface area contributed by atoms with Gasteiger partial charge in [-0.05, 0) is 25.3 Å². The highest BCUT2D eigenvalue weighted by molar-refractivity contribution is 8.00. The van der Waals surface area contributed by atoms with Gasteiger partial charge in [-0.3, -0.25) is 4.90 Å². The lowest BCUT2D eigenvalue weighted by atomic mass is 9.93. The van der Waals surface area contributed by atoms with Crippen LogP contribution in [-0.2, 0) is 0 Å². The fourth-order valence-electron chi connectivity index (χ4n) is 1.93. The highest BCUT2D eigenvalue weighted by Crippen LogP contribution is 2.30. The van der Waals surface area contributed by atoms with E-state index in [4.69, 9.17) is 5.73 Å². The number of nitrogens with zero attached hydrogens (tertiary/aromatic N) is 1. The zero-order valence-electron chi connectivity index (χ0n) is 7.54. The van der Waals surface area contributed by atoms with Gasteiger partial charge < -0.3 is 5.73 Å². The van der Waals surface area contributed by atoms with Crippen LogP contribution in [0.15, 0.2) is 0 Å². The highest BCUT2D eigenvalue weighted by Gasteiger charge is 2.34. The Morgan fingerprint density at radius 3 is 2.58 bits per heavy atom. The highest BCUT2D eigenvalue weighted by atomic mass is 32.2. The molecule has 2 rings (SSSR count). The third-order valence-corrected chi connectivity index (χ3v) is 4.18. The van der Waals surface area contributed by atoms with Crippen LogP contribution < -0.4 is 5.73 Å². The maximum Gasteiger partial charge on any atom is 0.0277 e. The van der Waals surface area contributed by atoms with E-state index in [1.165, 1.54) is 37.4 Å². The van der Waals surface area contributed by atoms with Gasteiger partial charge in [0.15, 0.2) is 0 Å². The summed E-state index contributed by atoms with van der Waals surface area (Å²) in [4.78, 5) is 2.64. The Bertz CT molecular complexity index is 141. The Morgan fingerprint density at radius 2 is 2.08 bits per heavy atom. The first-order valence-electron chi connectivity index (χ1n) is 4.92. The summed E-state index contributed by atoms with van der Waals surface area (Å²) in [7, 11) is 0. The van der Waals surface area contributed by atoms with Crippen LogP contribution in [0, 0.1) is 5.92 Å². The topological polar surface area (TPSA) is 29.3 Å². The van der Waals surface area contributed by atoms with Gasteiger partial charge >= 0.3 is 0 Å². The Hall–Kier alpha value is 0.270. The molecule has 0 aromatic rings. The van der Waals surface area contributed by atoms with Crippen molar-refractivity contribution in [2.75, 3.05) is 31.1 Å². The Balaban J connectivity index is 1.57. The van der Waals surface area contributed by atoms with E-state index in [9.17, 15) is 0 Å². The molecule has 2 heterocycles. The molecular weight excluding hydrogens is 168 g/mol. The molecule has 0 bridgehead atoms. The van der Waals surface area contributed by atoms with E-state index >= 15 is 0 Å². The number of thioether (sulfide) groups is 1. The van der Waals surface area contributed by atoms with E-state index in [-0.39, 0.29) is 0 Å². The van der Waals surface area contributed by atoms with Crippen LogP contribution in [-0.4, -0.2) is 42.1 Å². The predicted molar refractivity (Wildman–Crippen MR) is 54.5 cm³/mol. The molecule has 0 aromatic carbocycles. The maximum absolute atomic E-state index is 5.47.